The van der Waals surface area contributed by atoms with E-state index in [1.165, 1.54) is 5.39 Å². The van der Waals surface area contributed by atoms with Crippen molar-refractivity contribution < 1.29 is 9.90 Å². The molecule has 0 atom stereocenters. The van der Waals surface area contributed by atoms with Crippen molar-refractivity contribution in [1.29, 1.82) is 0 Å². The molecule has 0 amide bonds. The Labute approximate surface area is 173 Å². The molecule has 0 fully saturated rings. The van der Waals surface area contributed by atoms with Gasteiger partial charge in [-0.3, -0.25) is 4.99 Å². The molecule has 0 aliphatic rings. The van der Waals surface area contributed by atoms with Crippen molar-refractivity contribution in [3.63, 3.8) is 0 Å². The number of halogens is 1. The first-order valence-electron chi connectivity index (χ1n) is 9.19. The topological polar surface area (TPSA) is 54.6 Å². The highest BCUT2D eigenvalue weighted by Gasteiger charge is 2.14. The summed E-state index contributed by atoms with van der Waals surface area (Å²) < 4.78 is 2.00. The van der Waals surface area contributed by atoms with E-state index in [0.29, 0.717) is 0 Å². The Bertz CT molecular complexity index is 1270. The van der Waals surface area contributed by atoms with E-state index in [1.54, 1.807) is 12.1 Å². The van der Waals surface area contributed by atoms with Gasteiger partial charge in [-0.25, -0.2) is 4.79 Å². The highest BCUT2D eigenvalue weighted by molar-refractivity contribution is 6.33. The first-order valence-corrected chi connectivity index (χ1v) is 9.57. The van der Waals surface area contributed by atoms with Gasteiger partial charge in [0.1, 0.15) is 0 Å². The smallest absolute Gasteiger partial charge is 0.337 e. The molecular weight excluding hydrogens is 384 g/mol. The molecule has 0 bridgehead atoms. The Morgan fingerprint density at radius 3 is 2.52 bits per heavy atom. The Morgan fingerprint density at radius 2 is 1.76 bits per heavy atom. The highest BCUT2D eigenvalue weighted by Crippen LogP contribution is 2.25. The lowest BCUT2D eigenvalue weighted by molar-refractivity contribution is 0.0697. The van der Waals surface area contributed by atoms with Crippen molar-refractivity contribution >= 4 is 40.2 Å². The van der Waals surface area contributed by atoms with E-state index in [2.05, 4.69) is 29.3 Å². The van der Waals surface area contributed by atoms with Crippen LogP contribution in [0.4, 0.5) is 5.69 Å². The number of benzene rings is 3. The minimum atomic E-state index is -1.04. The van der Waals surface area contributed by atoms with Crippen LogP contribution < -0.4 is 0 Å². The predicted molar refractivity (Wildman–Crippen MR) is 118 cm³/mol. The van der Waals surface area contributed by atoms with Crippen LogP contribution in [0.1, 0.15) is 27.3 Å². The van der Waals surface area contributed by atoms with Gasteiger partial charge in [0, 0.05) is 28.9 Å². The van der Waals surface area contributed by atoms with E-state index in [-0.39, 0.29) is 10.6 Å². The van der Waals surface area contributed by atoms with E-state index < -0.39 is 5.97 Å². The van der Waals surface area contributed by atoms with Crippen LogP contribution in [0, 0.1) is 13.8 Å². The van der Waals surface area contributed by atoms with Crippen LogP contribution in [0.2, 0.25) is 5.02 Å². The molecule has 1 N–H and O–H groups in total. The van der Waals surface area contributed by atoms with Crippen molar-refractivity contribution in [2.75, 3.05) is 0 Å². The zero-order valence-electron chi connectivity index (χ0n) is 16.1. The van der Waals surface area contributed by atoms with Gasteiger partial charge in [-0.1, -0.05) is 41.9 Å². The maximum atomic E-state index is 11.4. The molecule has 0 unspecified atom stereocenters. The van der Waals surface area contributed by atoms with E-state index >= 15 is 0 Å². The quantitative estimate of drug-likeness (QED) is 0.404. The third-order valence-corrected chi connectivity index (χ3v) is 5.32. The normalized spacial score (nSPS) is 11.4. The highest BCUT2D eigenvalue weighted by atomic mass is 35.5. The van der Waals surface area contributed by atoms with Crippen LogP contribution in [-0.4, -0.2) is 21.9 Å². The molecule has 0 saturated carbocycles. The average Bonchev–Trinajstić information content (AvgIpc) is 3.00. The second-order valence-electron chi connectivity index (χ2n) is 6.92. The number of nitrogens with zero attached hydrogens (tertiary/aromatic N) is 2. The SMILES string of the molecule is Cc1cc(C=Nc2ccc3ccccc3c2)c(C)n1-c1ccc(Cl)c(C(=O)O)c1. The fraction of sp³-hybridized carbons (Fsp3) is 0.0833. The summed E-state index contributed by atoms with van der Waals surface area (Å²) in [5.41, 5.74) is 4.66. The molecule has 4 rings (SSSR count). The summed E-state index contributed by atoms with van der Waals surface area (Å²) in [6, 6.07) is 21.4. The lowest BCUT2D eigenvalue weighted by Crippen LogP contribution is -2.03. The van der Waals surface area contributed by atoms with E-state index in [0.717, 1.165) is 33.7 Å². The zero-order valence-corrected chi connectivity index (χ0v) is 16.8. The minimum absolute atomic E-state index is 0.0862. The minimum Gasteiger partial charge on any atom is -0.478 e. The lowest BCUT2D eigenvalue weighted by atomic mass is 10.1. The van der Waals surface area contributed by atoms with Crippen molar-refractivity contribution in [2.24, 2.45) is 4.99 Å². The maximum Gasteiger partial charge on any atom is 0.337 e. The molecule has 1 heterocycles. The van der Waals surface area contributed by atoms with Crippen molar-refractivity contribution in [3.05, 3.63) is 94.3 Å². The maximum absolute atomic E-state index is 11.4. The van der Waals surface area contributed by atoms with Crippen molar-refractivity contribution in [2.45, 2.75) is 13.8 Å². The first kappa shape index (κ1) is 19.0. The monoisotopic (exact) mass is 402 g/mol. The number of fused-ring (bicyclic) bond motifs is 1. The van der Waals surface area contributed by atoms with E-state index in [1.807, 2.05) is 55.0 Å². The van der Waals surface area contributed by atoms with Crippen LogP contribution in [0.5, 0.6) is 0 Å². The summed E-state index contributed by atoms with van der Waals surface area (Å²) in [4.78, 5) is 16.1. The molecule has 3 aromatic carbocycles. The van der Waals surface area contributed by atoms with Crippen LogP contribution in [0.25, 0.3) is 16.5 Å². The second-order valence-corrected chi connectivity index (χ2v) is 7.33. The number of rotatable bonds is 4. The Morgan fingerprint density at radius 1 is 1.00 bits per heavy atom. The van der Waals surface area contributed by atoms with Crippen molar-refractivity contribution in [1.82, 2.24) is 4.57 Å². The zero-order chi connectivity index (χ0) is 20.5. The first-order chi connectivity index (χ1) is 13.9. The van der Waals surface area contributed by atoms with Gasteiger partial charge >= 0.3 is 5.97 Å². The van der Waals surface area contributed by atoms with Gasteiger partial charge in [0.15, 0.2) is 0 Å². The van der Waals surface area contributed by atoms with Gasteiger partial charge in [-0.15, -0.1) is 0 Å². The number of aromatic carboxylic acids is 1. The molecule has 0 aliphatic heterocycles. The fourth-order valence-corrected chi connectivity index (χ4v) is 3.73. The molecule has 0 spiro atoms. The molecule has 4 aromatic rings. The Kier molecular flexibility index (Phi) is 4.95. The molecule has 0 aliphatic carbocycles. The second kappa shape index (κ2) is 7.57. The number of hydrogen-bond donors (Lipinski definition) is 1. The predicted octanol–water partition coefficient (Wildman–Crippen LogP) is 6.35. The molecule has 29 heavy (non-hydrogen) atoms. The van der Waals surface area contributed by atoms with Crippen LogP contribution >= 0.6 is 11.6 Å². The number of hydrogen-bond acceptors (Lipinski definition) is 2. The van der Waals surface area contributed by atoms with E-state index in [4.69, 9.17) is 11.6 Å². The molecule has 0 saturated heterocycles. The molecule has 0 radical (unpaired) electrons. The van der Waals surface area contributed by atoms with Gasteiger partial charge < -0.3 is 9.67 Å². The van der Waals surface area contributed by atoms with Crippen LogP contribution in [-0.2, 0) is 0 Å². The third kappa shape index (κ3) is 3.67. The molecule has 5 heteroatoms. The Balaban J connectivity index is 1.71. The number of aryl methyl sites for hydroxylation is 1. The van der Waals surface area contributed by atoms with Gasteiger partial charge in [0.25, 0.3) is 0 Å². The standard InChI is InChI=1S/C24H19ClN2O2/c1-15-11-19(14-26-20-8-7-17-5-3-4-6-18(17)12-20)16(2)27(15)21-9-10-23(25)22(13-21)24(28)29/h3-14H,1-2H3,(H,28,29). The average molecular weight is 403 g/mol. The summed E-state index contributed by atoms with van der Waals surface area (Å²) in [7, 11) is 0. The lowest BCUT2D eigenvalue weighted by Gasteiger charge is -2.11. The van der Waals surface area contributed by atoms with Gasteiger partial charge in [0.05, 0.1) is 16.3 Å². The molecule has 1 aromatic heterocycles. The number of carboxylic acids is 1. The van der Waals surface area contributed by atoms with Gasteiger partial charge in [-0.2, -0.15) is 0 Å². The molecular formula is C24H19ClN2O2. The summed E-state index contributed by atoms with van der Waals surface area (Å²) >= 11 is 6.01. The van der Waals surface area contributed by atoms with Gasteiger partial charge in [0.2, 0.25) is 0 Å². The summed E-state index contributed by atoms with van der Waals surface area (Å²) in [6.07, 6.45) is 1.84. The number of aromatic nitrogens is 1. The number of carboxylic acid groups (broad SMARTS) is 1. The van der Waals surface area contributed by atoms with E-state index in [9.17, 15) is 9.90 Å². The summed E-state index contributed by atoms with van der Waals surface area (Å²) in [5, 5.41) is 11.9. The third-order valence-electron chi connectivity index (χ3n) is 4.99. The molecule has 4 nitrogen and oxygen atoms in total. The fourth-order valence-electron chi connectivity index (χ4n) is 3.53. The van der Waals surface area contributed by atoms with Crippen LogP contribution in [0.3, 0.4) is 0 Å². The number of aliphatic imine (C=N–C) groups is 1. The number of carbonyl (C=O) groups is 1. The largest absolute Gasteiger partial charge is 0.478 e. The Hall–Kier alpha value is -3.37. The van der Waals surface area contributed by atoms with Gasteiger partial charge in [-0.05, 0) is 61.0 Å². The summed E-state index contributed by atoms with van der Waals surface area (Å²) in [6.45, 7) is 3.97. The van der Waals surface area contributed by atoms with Crippen LogP contribution in [0.15, 0.2) is 71.7 Å². The summed E-state index contributed by atoms with van der Waals surface area (Å²) in [5.74, 6) is -1.04. The van der Waals surface area contributed by atoms with Crippen molar-refractivity contribution in [3.8, 4) is 5.69 Å². The molecule has 144 valence electrons.